The normalized spacial score (nSPS) is 11.7. The fourth-order valence-corrected chi connectivity index (χ4v) is 4.26. The van der Waals surface area contributed by atoms with Crippen molar-refractivity contribution < 1.29 is 13.9 Å². The zero-order chi connectivity index (χ0) is 19.6. The van der Waals surface area contributed by atoms with Crippen LogP contribution in [0.15, 0.2) is 50.8 Å². The number of carbonyl (C=O) groups excluding carboxylic acids is 1. The van der Waals surface area contributed by atoms with Gasteiger partial charge in [0.25, 0.3) is 5.56 Å². The topological polar surface area (TPSA) is 74.3 Å². The van der Waals surface area contributed by atoms with Crippen LogP contribution in [0.25, 0.3) is 21.5 Å². The van der Waals surface area contributed by atoms with Crippen molar-refractivity contribution in [3.63, 3.8) is 0 Å². The average Bonchev–Trinajstić information content (AvgIpc) is 3.23. The van der Waals surface area contributed by atoms with Crippen LogP contribution in [0, 0.1) is 0 Å². The van der Waals surface area contributed by atoms with Crippen LogP contribution >= 0.6 is 23.1 Å². The van der Waals surface area contributed by atoms with E-state index in [4.69, 9.17) is 9.15 Å². The number of allylic oxidation sites excluding steroid dienone is 1. The van der Waals surface area contributed by atoms with Crippen molar-refractivity contribution in [1.82, 2.24) is 9.55 Å². The molecule has 142 valence electrons. The molecule has 0 unspecified atom stereocenters. The number of esters is 1. The van der Waals surface area contributed by atoms with Crippen molar-refractivity contribution in [3.05, 3.63) is 46.8 Å². The van der Waals surface area contributed by atoms with Crippen LogP contribution in [0.4, 0.5) is 0 Å². The van der Waals surface area contributed by atoms with Gasteiger partial charge in [-0.15, -0.1) is 17.9 Å². The van der Waals surface area contributed by atoms with Gasteiger partial charge in [0.1, 0.15) is 16.2 Å². The maximum absolute atomic E-state index is 13.1. The molecular weight excluding hydrogens is 384 g/mol. The van der Waals surface area contributed by atoms with Crippen LogP contribution in [0.1, 0.15) is 20.8 Å². The molecule has 3 aromatic rings. The quantitative estimate of drug-likeness (QED) is 0.263. The van der Waals surface area contributed by atoms with Crippen molar-refractivity contribution in [2.24, 2.45) is 0 Å². The van der Waals surface area contributed by atoms with E-state index in [0.717, 1.165) is 5.56 Å². The minimum Gasteiger partial charge on any atom is -0.464 e. The number of ether oxygens (including phenoxy) is 1. The lowest BCUT2D eigenvalue weighted by Crippen LogP contribution is -2.26. The molecule has 0 aliphatic carbocycles. The first-order valence-corrected chi connectivity index (χ1v) is 10.2. The maximum atomic E-state index is 13.1. The molecule has 0 amide bonds. The second-order valence-electron chi connectivity index (χ2n) is 6.78. The van der Waals surface area contributed by atoms with E-state index in [-0.39, 0.29) is 17.3 Å². The molecular formula is C19H20N2O4S2. The summed E-state index contributed by atoms with van der Waals surface area (Å²) in [5.74, 6) is 0.344. The highest BCUT2D eigenvalue weighted by Crippen LogP contribution is 2.32. The Morgan fingerprint density at radius 3 is 2.89 bits per heavy atom. The lowest BCUT2D eigenvalue weighted by atomic mass is 10.2. The number of fused-ring (bicyclic) bond motifs is 1. The van der Waals surface area contributed by atoms with E-state index in [1.165, 1.54) is 27.7 Å². The fraction of sp³-hybridized carbons (Fsp3) is 0.316. The molecule has 0 radical (unpaired) electrons. The Hall–Kier alpha value is -2.32. The van der Waals surface area contributed by atoms with Crippen molar-refractivity contribution in [3.8, 4) is 11.3 Å². The number of rotatable bonds is 6. The molecule has 8 heteroatoms. The minimum atomic E-state index is -0.554. The van der Waals surface area contributed by atoms with Crippen LogP contribution < -0.4 is 5.56 Å². The number of furan rings is 1. The van der Waals surface area contributed by atoms with Crippen LogP contribution in [-0.2, 0) is 16.1 Å². The summed E-state index contributed by atoms with van der Waals surface area (Å²) in [6, 6.07) is 3.59. The monoisotopic (exact) mass is 404 g/mol. The molecule has 0 saturated heterocycles. The van der Waals surface area contributed by atoms with Crippen LogP contribution in [0.2, 0.25) is 0 Å². The molecule has 0 atom stereocenters. The molecule has 0 aromatic carbocycles. The third-order valence-corrected chi connectivity index (χ3v) is 5.32. The van der Waals surface area contributed by atoms with Gasteiger partial charge in [-0.3, -0.25) is 14.2 Å². The average molecular weight is 405 g/mol. The summed E-state index contributed by atoms with van der Waals surface area (Å²) >= 11 is 2.56. The fourth-order valence-electron chi connectivity index (χ4n) is 2.51. The predicted octanol–water partition coefficient (Wildman–Crippen LogP) is 4.34. The van der Waals surface area contributed by atoms with Gasteiger partial charge in [-0.05, 0) is 32.9 Å². The Morgan fingerprint density at radius 1 is 1.48 bits per heavy atom. The van der Waals surface area contributed by atoms with E-state index >= 15 is 0 Å². The molecule has 0 aliphatic rings. The largest absolute Gasteiger partial charge is 0.464 e. The Labute approximate surface area is 164 Å². The molecule has 0 saturated carbocycles. The van der Waals surface area contributed by atoms with Gasteiger partial charge in [-0.1, -0.05) is 17.8 Å². The molecule has 0 fully saturated rings. The molecule has 27 heavy (non-hydrogen) atoms. The van der Waals surface area contributed by atoms with Gasteiger partial charge in [-0.2, -0.15) is 0 Å². The Morgan fingerprint density at radius 2 is 2.26 bits per heavy atom. The standard InChI is InChI=1S/C19H20N2O4S2/c1-5-8-21-17(23)15-12(13-7-6-9-24-13)10-26-16(15)20-18(21)27-11-14(22)25-19(2,3)4/h5-7,9-10H,1,8,11H2,2-4H3. The van der Waals surface area contributed by atoms with Crippen molar-refractivity contribution in [1.29, 1.82) is 0 Å². The van der Waals surface area contributed by atoms with E-state index in [1.807, 2.05) is 32.2 Å². The smallest absolute Gasteiger partial charge is 0.316 e. The second-order valence-corrected chi connectivity index (χ2v) is 8.58. The van der Waals surface area contributed by atoms with E-state index in [9.17, 15) is 9.59 Å². The van der Waals surface area contributed by atoms with Crippen molar-refractivity contribution in [2.45, 2.75) is 38.1 Å². The van der Waals surface area contributed by atoms with Gasteiger partial charge in [0, 0.05) is 17.5 Å². The number of hydrogen-bond donors (Lipinski definition) is 0. The first-order valence-electron chi connectivity index (χ1n) is 8.31. The van der Waals surface area contributed by atoms with Crippen molar-refractivity contribution in [2.75, 3.05) is 5.75 Å². The summed E-state index contributed by atoms with van der Waals surface area (Å²) in [7, 11) is 0. The molecule has 0 spiro atoms. The lowest BCUT2D eigenvalue weighted by Gasteiger charge is -2.19. The Bertz CT molecular complexity index is 1030. The van der Waals surface area contributed by atoms with Crippen LogP contribution in [0.3, 0.4) is 0 Å². The molecule has 3 heterocycles. The molecule has 0 N–H and O–H groups in total. The first kappa shape index (κ1) is 19.4. The second kappa shape index (κ2) is 7.74. The van der Waals surface area contributed by atoms with Gasteiger partial charge in [0.15, 0.2) is 5.16 Å². The molecule has 0 bridgehead atoms. The van der Waals surface area contributed by atoms with Gasteiger partial charge in [0.2, 0.25) is 0 Å². The number of hydrogen-bond acceptors (Lipinski definition) is 7. The molecule has 6 nitrogen and oxygen atoms in total. The number of thioether (sulfide) groups is 1. The minimum absolute atomic E-state index is 0.0722. The SMILES string of the molecule is C=CCn1c(SCC(=O)OC(C)(C)C)nc2scc(-c3ccco3)c2c1=O. The molecule has 3 rings (SSSR count). The number of aromatic nitrogens is 2. The summed E-state index contributed by atoms with van der Waals surface area (Å²) < 4.78 is 12.3. The zero-order valence-electron chi connectivity index (χ0n) is 15.4. The summed E-state index contributed by atoms with van der Waals surface area (Å²) in [5.41, 5.74) is -0.0140. The summed E-state index contributed by atoms with van der Waals surface area (Å²) in [4.78, 5) is 30.3. The van der Waals surface area contributed by atoms with E-state index in [0.29, 0.717) is 27.7 Å². The lowest BCUT2D eigenvalue weighted by molar-refractivity contribution is -0.151. The highest BCUT2D eigenvalue weighted by Gasteiger charge is 2.20. The van der Waals surface area contributed by atoms with Crippen LogP contribution in [-0.4, -0.2) is 26.9 Å². The molecule has 0 aliphatic heterocycles. The van der Waals surface area contributed by atoms with E-state index in [1.54, 1.807) is 18.4 Å². The number of thiophene rings is 1. The zero-order valence-corrected chi connectivity index (χ0v) is 17.0. The van der Waals surface area contributed by atoms with E-state index in [2.05, 4.69) is 11.6 Å². The Balaban J connectivity index is 1.98. The van der Waals surface area contributed by atoms with Gasteiger partial charge < -0.3 is 9.15 Å². The van der Waals surface area contributed by atoms with E-state index < -0.39 is 5.60 Å². The third-order valence-electron chi connectivity index (χ3n) is 3.50. The third kappa shape index (κ3) is 4.33. The number of carbonyl (C=O) groups is 1. The maximum Gasteiger partial charge on any atom is 0.316 e. The van der Waals surface area contributed by atoms with Gasteiger partial charge in [-0.25, -0.2) is 4.98 Å². The number of nitrogens with zero attached hydrogens (tertiary/aromatic N) is 2. The Kier molecular flexibility index (Phi) is 5.57. The summed E-state index contributed by atoms with van der Waals surface area (Å²) in [6.07, 6.45) is 3.20. The highest BCUT2D eigenvalue weighted by molar-refractivity contribution is 7.99. The summed E-state index contributed by atoms with van der Waals surface area (Å²) in [5, 5.41) is 2.84. The summed E-state index contributed by atoms with van der Waals surface area (Å²) in [6.45, 7) is 9.46. The van der Waals surface area contributed by atoms with Gasteiger partial charge in [0.05, 0.1) is 17.4 Å². The van der Waals surface area contributed by atoms with Gasteiger partial charge >= 0.3 is 5.97 Å². The first-order chi connectivity index (χ1) is 12.8. The van der Waals surface area contributed by atoms with Crippen LogP contribution in [0.5, 0.6) is 0 Å². The predicted molar refractivity (Wildman–Crippen MR) is 108 cm³/mol. The highest BCUT2D eigenvalue weighted by atomic mass is 32.2. The van der Waals surface area contributed by atoms with Crippen molar-refractivity contribution >= 4 is 39.3 Å². The molecule has 3 aromatic heterocycles.